The Bertz CT molecular complexity index is 3500. The summed E-state index contributed by atoms with van der Waals surface area (Å²) in [6.07, 6.45) is 1.84. The molecule has 4 heteroatoms. The molecule has 9 aromatic rings. The van der Waals surface area contributed by atoms with Gasteiger partial charge in [0.1, 0.15) is 11.6 Å². The first-order valence-corrected chi connectivity index (χ1v) is 23.9. The lowest BCUT2D eigenvalue weighted by Gasteiger charge is -2.22. The summed E-state index contributed by atoms with van der Waals surface area (Å²) < 4.78 is 47.2. The lowest BCUT2D eigenvalue weighted by atomic mass is 9.84. The minimum absolute atomic E-state index is 0.0134. The van der Waals surface area contributed by atoms with Crippen molar-refractivity contribution in [1.29, 1.82) is 0 Å². The van der Waals surface area contributed by atoms with Crippen molar-refractivity contribution in [3.8, 4) is 78.6 Å². The molecule has 0 unspecified atom stereocenters. The van der Waals surface area contributed by atoms with Crippen LogP contribution in [0.15, 0.2) is 158 Å². The average molecular weight is 897 g/mol. The number of imidazole rings is 1. The maximum Gasteiger partial charge on any atom is 0.149 e. The minimum atomic E-state index is -2.58. The first-order valence-electron chi connectivity index (χ1n) is 26.4. The number of para-hydroxylation sites is 1. The van der Waals surface area contributed by atoms with Crippen LogP contribution >= 0.6 is 0 Å². The molecule has 0 bridgehead atoms. The van der Waals surface area contributed by atoms with Gasteiger partial charge in [0, 0.05) is 24.2 Å². The molecular weight excluding hydrogens is 827 g/mol. The summed E-state index contributed by atoms with van der Waals surface area (Å²) in [7, 11) is 0. The summed E-state index contributed by atoms with van der Waals surface area (Å²) in [5.41, 5.74) is 16.0. The molecule has 0 aliphatic heterocycles. The molecule has 9 rings (SSSR count). The standard InChI is InChI=1S/C64H65N3O/c1-38(2)44-23-25-46(26-24-44)47-29-30-65-58(37-47)52-33-50(45-17-13-12-14-18-45)32-51(34-52)55-21-16-22-60-62(55)66-64(57-36-49(39(3)4)35-56(42(9)10)63(57)68)67(60)59-28-27-48(31-43(59)11)61-53(40(5)6)19-15-20-54(61)41(7)8/h12-42,68H,1-11H3/i11D3,38D,40D. The second-order valence-electron chi connectivity index (χ2n) is 19.6. The average Bonchev–Trinajstić information content (AvgIpc) is 3.74. The topological polar surface area (TPSA) is 50.9 Å². The van der Waals surface area contributed by atoms with Crippen molar-refractivity contribution in [3.05, 3.63) is 191 Å². The lowest BCUT2D eigenvalue weighted by molar-refractivity contribution is 0.466. The SMILES string of the molecule is [2H]C([2H])([2H])c1cc(-c2c(C(C)C)cccc2C([2H])(C)C)ccc1-n1c(-c2cc(C(C)C)cc(C(C)C)c2O)nc2c(-c3cc(-c4ccccc4)cc(-c4cc(-c5ccc(C([2H])(C)C)cc5)ccn4)c3)cccc21. The summed E-state index contributed by atoms with van der Waals surface area (Å²) in [5.74, 6) is -0.914. The fraction of sp³-hybridized carbons (Fsp3) is 0.250. The molecule has 0 saturated carbocycles. The van der Waals surface area contributed by atoms with E-state index in [1.165, 1.54) is 0 Å². The van der Waals surface area contributed by atoms with Gasteiger partial charge in [-0.3, -0.25) is 9.55 Å². The number of pyridine rings is 1. The largest absolute Gasteiger partial charge is 0.507 e. The number of phenols is 1. The van der Waals surface area contributed by atoms with Gasteiger partial charge in [-0.1, -0.05) is 166 Å². The summed E-state index contributed by atoms with van der Waals surface area (Å²) in [6.45, 7) is 17.6. The van der Waals surface area contributed by atoms with E-state index in [2.05, 4.69) is 108 Å². The molecule has 0 amide bonds. The van der Waals surface area contributed by atoms with E-state index in [-0.39, 0.29) is 29.1 Å². The quantitative estimate of drug-likeness (QED) is 0.133. The third-order valence-electron chi connectivity index (χ3n) is 13.4. The number of nitrogens with zero attached hydrogens (tertiary/aromatic N) is 3. The van der Waals surface area contributed by atoms with Gasteiger partial charge in [0.05, 0.1) is 28.0 Å². The van der Waals surface area contributed by atoms with Crippen molar-refractivity contribution in [2.75, 3.05) is 0 Å². The molecule has 1 N–H and O–H groups in total. The third-order valence-corrected chi connectivity index (χ3v) is 13.4. The van der Waals surface area contributed by atoms with Crippen LogP contribution in [0.2, 0.25) is 0 Å². The van der Waals surface area contributed by atoms with Gasteiger partial charge in [-0.25, -0.2) is 4.98 Å². The molecule has 2 heterocycles. The molecular formula is C64H65N3O. The van der Waals surface area contributed by atoms with E-state index >= 15 is 0 Å². The van der Waals surface area contributed by atoms with Gasteiger partial charge in [-0.15, -0.1) is 0 Å². The Morgan fingerprint density at radius 3 is 1.87 bits per heavy atom. The number of aromatic nitrogens is 3. The van der Waals surface area contributed by atoms with Crippen LogP contribution in [0.25, 0.3) is 83.9 Å². The Kier molecular flexibility index (Phi) is 11.1. The zero-order chi connectivity index (χ0) is 52.3. The molecule has 0 fully saturated rings. The van der Waals surface area contributed by atoms with E-state index in [0.29, 0.717) is 28.1 Å². The van der Waals surface area contributed by atoms with Crippen LogP contribution in [0.3, 0.4) is 0 Å². The summed E-state index contributed by atoms with van der Waals surface area (Å²) in [4.78, 5) is 10.5. The zero-order valence-corrected chi connectivity index (χ0v) is 41.0. The van der Waals surface area contributed by atoms with Crippen LogP contribution < -0.4 is 0 Å². The second kappa shape index (κ2) is 18.9. The Morgan fingerprint density at radius 2 is 1.18 bits per heavy atom. The highest BCUT2D eigenvalue weighted by atomic mass is 16.3. The Balaban J connectivity index is 1.33. The first-order chi connectivity index (χ1) is 34.5. The highest BCUT2D eigenvalue weighted by Gasteiger charge is 2.25. The number of benzene rings is 7. The van der Waals surface area contributed by atoms with E-state index in [4.69, 9.17) is 11.3 Å². The van der Waals surface area contributed by atoms with E-state index < -0.39 is 18.6 Å². The van der Waals surface area contributed by atoms with Gasteiger partial charge in [-0.05, 0) is 163 Å². The fourth-order valence-corrected chi connectivity index (χ4v) is 9.55. The second-order valence-corrected chi connectivity index (χ2v) is 19.6. The van der Waals surface area contributed by atoms with Crippen molar-refractivity contribution in [2.45, 2.75) is 106 Å². The van der Waals surface area contributed by atoms with E-state index in [1.54, 1.807) is 6.07 Å². The molecule has 0 atom stereocenters. The number of aryl methyl sites for hydroxylation is 1. The van der Waals surface area contributed by atoms with E-state index in [9.17, 15) is 10.6 Å². The number of rotatable bonds is 12. The maximum atomic E-state index is 12.4. The van der Waals surface area contributed by atoms with Crippen LogP contribution in [-0.4, -0.2) is 19.6 Å². The Labute approximate surface area is 411 Å². The van der Waals surface area contributed by atoms with Crippen molar-refractivity contribution in [1.82, 2.24) is 14.5 Å². The van der Waals surface area contributed by atoms with Crippen LogP contribution in [0.1, 0.15) is 139 Å². The van der Waals surface area contributed by atoms with Crippen molar-refractivity contribution in [2.24, 2.45) is 0 Å². The van der Waals surface area contributed by atoms with Crippen molar-refractivity contribution < 1.29 is 12.0 Å². The summed E-state index contributed by atoms with van der Waals surface area (Å²) in [6, 6.07) is 50.8. The molecule has 0 aliphatic rings. The highest BCUT2D eigenvalue weighted by Crippen LogP contribution is 2.45. The monoisotopic (exact) mass is 897 g/mol. The smallest absolute Gasteiger partial charge is 0.149 e. The van der Waals surface area contributed by atoms with Crippen LogP contribution in [0, 0.1) is 6.85 Å². The molecule has 0 aliphatic carbocycles. The van der Waals surface area contributed by atoms with Crippen LogP contribution in [-0.2, 0) is 0 Å². The van der Waals surface area contributed by atoms with Gasteiger partial charge in [-0.2, -0.15) is 0 Å². The summed E-state index contributed by atoms with van der Waals surface area (Å²) in [5, 5.41) is 12.4. The van der Waals surface area contributed by atoms with E-state index in [1.807, 2.05) is 117 Å². The number of fused-ring (bicyclic) bond motifs is 1. The maximum absolute atomic E-state index is 12.4. The van der Waals surface area contributed by atoms with E-state index in [0.717, 1.165) is 83.6 Å². The fourth-order valence-electron chi connectivity index (χ4n) is 9.55. The number of hydrogen-bond donors (Lipinski definition) is 1. The van der Waals surface area contributed by atoms with Crippen molar-refractivity contribution >= 4 is 11.0 Å². The van der Waals surface area contributed by atoms with Crippen LogP contribution in [0.4, 0.5) is 0 Å². The van der Waals surface area contributed by atoms with Gasteiger partial charge in [0.15, 0.2) is 0 Å². The van der Waals surface area contributed by atoms with Gasteiger partial charge in [0.25, 0.3) is 0 Å². The van der Waals surface area contributed by atoms with Gasteiger partial charge in [0.2, 0.25) is 0 Å². The Hall–Kier alpha value is -7.04. The number of phenolic OH excluding ortho intramolecular Hbond substituents is 1. The molecule has 0 spiro atoms. The van der Waals surface area contributed by atoms with Crippen LogP contribution in [0.5, 0.6) is 5.75 Å². The normalized spacial score (nSPS) is 13.5. The molecule has 4 nitrogen and oxygen atoms in total. The highest BCUT2D eigenvalue weighted by molar-refractivity contribution is 5.98. The molecule has 0 saturated heterocycles. The number of aromatic hydroxyl groups is 1. The predicted octanol–water partition coefficient (Wildman–Crippen LogP) is 18.1. The molecule has 2 aromatic heterocycles. The lowest BCUT2D eigenvalue weighted by Crippen LogP contribution is -2.04. The van der Waals surface area contributed by atoms with Gasteiger partial charge < -0.3 is 5.11 Å². The molecule has 342 valence electrons. The zero-order valence-electron chi connectivity index (χ0n) is 46.0. The molecule has 0 radical (unpaired) electrons. The molecule has 7 aromatic carbocycles. The third kappa shape index (κ3) is 8.81. The Morgan fingerprint density at radius 1 is 0.500 bits per heavy atom. The summed E-state index contributed by atoms with van der Waals surface area (Å²) >= 11 is 0. The molecule has 68 heavy (non-hydrogen) atoms. The van der Waals surface area contributed by atoms with Gasteiger partial charge >= 0.3 is 0 Å². The minimum Gasteiger partial charge on any atom is -0.507 e. The predicted molar refractivity (Wildman–Crippen MR) is 288 cm³/mol. The number of hydrogen-bond acceptors (Lipinski definition) is 3. The van der Waals surface area contributed by atoms with Crippen molar-refractivity contribution in [3.63, 3.8) is 0 Å². The first kappa shape index (κ1) is 40.1.